The first-order valence-corrected chi connectivity index (χ1v) is 21.2. The molecule has 0 amide bonds. The first-order valence-electron chi connectivity index (χ1n) is 14.3. The molecule has 7 aliphatic rings. The quantitative estimate of drug-likeness (QED) is 0.218. The molecule has 0 N–H and O–H groups in total. The van der Waals surface area contributed by atoms with Gasteiger partial charge in [0.05, 0.1) is 0 Å². The Morgan fingerprint density at radius 2 is 0.537 bits per heavy atom. The molecule has 0 aromatic heterocycles. The van der Waals surface area contributed by atoms with E-state index in [4.69, 9.17) is 27.1 Å². The van der Waals surface area contributed by atoms with Crippen LogP contribution in [0.15, 0.2) is 60.7 Å². The van der Waals surface area contributed by atoms with Gasteiger partial charge in [-0.25, -0.2) is 0 Å². The van der Waals surface area contributed by atoms with E-state index in [1.54, 1.807) is 0 Å². The van der Waals surface area contributed by atoms with Gasteiger partial charge >= 0.3 is 290 Å². The Kier molecular flexibility index (Phi) is 8.59. The Labute approximate surface area is 290 Å². The maximum absolute atomic E-state index is 14.9. The molecule has 2 aromatic rings. The molecule has 9 rings (SSSR count). The van der Waals surface area contributed by atoms with Crippen molar-refractivity contribution >= 4 is 42.4 Å². The minimum absolute atomic E-state index is 0.455. The Morgan fingerprint density at radius 3 is 0.704 bits per heavy atom. The standard InChI is InChI=1S/C24H16F18N2O6P4/c25-19(26,27)13-45-53(46-14(20(28,29)30)51(13)15(47-53)21(31,32)33)43(11-7-3-1-4-8-11)54(44(53)12-9-5-2-6-10-12)48-16(22(34,35)36)52(17(49-54)23(37,38)39)18(50-54)24(40,41)42/h1-10,13-18H. The third kappa shape index (κ3) is 5.40. The summed E-state index contributed by atoms with van der Waals surface area (Å²) < 4.78 is 296. The summed E-state index contributed by atoms with van der Waals surface area (Å²) in [6.45, 7) is 0. The monoisotopic (exact) mass is 894 g/mol. The fraction of sp³-hybridized carbons (Fsp3) is 0.500. The van der Waals surface area contributed by atoms with Gasteiger partial charge in [0.25, 0.3) is 0 Å². The Hall–Kier alpha value is -1.74. The summed E-state index contributed by atoms with van der Waals surface area (Å²) in [5, 5.41) is 0. The van der Waals surface area contributed by atoms with Crippen molar-refractivity contribution in [1.82, 2.24) is 0 Å². The summed E-state index contributed by atoms with van der Waals surface area (Å²) in [5.41, 5.74) is -2.68. The number of alkyl halides is 18. The number of nitrogens with zero attached hydrogens (tertiary/aromatic N) is 2. The molecule has 2 aromatic carbocycles. The second-order valence-electron chi connectivity index (χ2n) is 11.7. The molecule has 8 nitrogen and oxygen atoms in total. The molecule has 7 heterocycles. The summed E-state index contributed by atoms with van der Waals surface area (Å²) >= 11 is 0. The molecule has 6 unspecified atom stereocenters. The molecule has 7 saturated heterocycles. The second kappa shape index (κ2) is 11.5. The molecule has 7 aliphatic heterocycles. The number of anilines is 2. The molecular weight excluding hydrogens is 878 g/mol. The predicted octanol–water partition coefficient (Wildman–Crippen LogP) is 11.7. The summed E-state index contributed by atoms with van der Waals surface area (Å²) in [6, 6.07) is 6.78. The van der Waals surface area contributed by atoms with Gasteiger partial charge in [-0.3, -0.25) is 0 Å². The summed E-state index contributed by atoms with van der Waals surface area (Å²) in [6.07, 6.45) is -37.7. The van der Waals surface area contributed by atoms with Crippen LogP contribution in [0.25, 0.3) is 0 Å². The van der Waals surface area contributed by atoms with Crippen LogP contribution in [0.3, 0.4) is 0 Å². The number of para-hydroxylation sites is 2. The number of hydrogen-bond acceptors (Lipinski definition) is 8. The van der Waals surface area contributed by atoms with Crippen LogP contribution in [0.5, 0.6) is 0 Å². The molecule has 6 atom stereocenters. The minimum atomic E-state index is -8.08. The first kappa shape index (κ1) is 40.5. The Bertz CT molecular complexity index is 1520. The van der Waals surface area contributed by atoms with E-state index >= 15 is 0 Å². The van der Waals surface area contributed by atoms with Crippen LogP contribution in [0.2, 0.25) is 0 Å². The van der Waals surface area contributed by atoms with Gasteiger partial charge in [-0.15, -0.1) is 0 Å². The van der Waals surface area contributed by atoms with Gasteiger partial charge in [0.1, 0.15) is 0 Å². The third-order valence-electron chi connectivity index (χ3n) is 8.23. The predicted molar refractivity (Wildman–Crippen MR) is 151 cm³/mol. The summed E-state index contributed by atoms with van der Waals surface area (Å²) in [4.78, 5) is 0. The molecule has 30 heteroatoms. The van der Waals surface area contributed by atoms with E-state index in [1.165, 1.54) is 0 Å². The van der Waals surface area contributed by atoms with Crippen LogP contribution in [0, 0.1) is 0 Å². The van der Waals surface area contributed by atoms with E-state index in [-0.39, 0.29) is 0 Å². The number of fused-ring (bicyclic) bond motifs is 6. The SMILES string of the molecule is FC(F)(F)C1OP23(OC(C(F)(F)F)P1C(C(F)(F)F)O2)N(c1ccccc1)P12(OC(C(F)(F)F)P(C(C(F)(F)F)O1)C(C(F)(F)F)O2)N3c1ccccc1. The molecule has 0 radical (unpaired) electrons. The van der Waals surface area contributed by atoms with Crippen molar-refractivity contribution in [2.24, 2.45) is 0 Å². The van der Waals surface area contributed by atoms with Gasteiger partial charge in [-0.05, 0) is 0 Å². The van der Waals surface area contributed by atoms with Gasteiger partial charge in [0.2, 0.25) is 0 Å². The zero-order valence-electron chi connectivity index (χ0n) is 25.2. The third-order valence-corrected chi connectivity index (χ3v) is 25.3. The number of benzene rings is 2. The first-order chi connectivity index (χ1) is 24.4. The zero-order valence-corrected chi connectivity index (χ0v) is 28.8. The molecular formula is C24H16F18N2O6P4. The normalized spacial score (nSPS) is 35.9. The summed E-state index contributed by atoms with van der Waals surface area (Å²) in [7, 11) is -26.0. The van der Waals surface area contributed by atoms with Crippen LogP contribution >= 0.6 is 31.0 Å². The van der Waals surface area contributed by atoms with Gasteiger partial charge in [-0.1, -0.05) is 0 Å². The van der Waals surface area contributed by atoms with Crippen LogP contribution in [-0.4, -0.2) is 72.1 Å². The second-order valence-corrected chi connectivity index (χ2v) is 23.1. The van der Waals surface area contributed by atoms with Crippen molar-refractivity contribution in [3.8, 4) is 0 Å². The maximum atomic E-state index is 14.9. The van der Waals surface area contributed by atoms with Gasteiger partial charge in [0, 0.05) is 0 Å². The number of hydrogen-bond donors (Lipinski definition) is 0. The Balaban J connectivity index is 1.69. The molecule has 304 valence electrons. The fourth-order valence-corrected chi connectivity index (χ4v) is 28.2. The molecule has 2 spiro atoms. The van der Waals surface area contributed by atoms with Crippen molar-refractivity contribution in [2.45, 2.75) is 72.1 Å². The molecule has 7 fully saturated rings. The zero-order chi connectivity index (χ0) is 40.1. The number of rotatable bonds is 2. The van der Waals surface area contributed by atoms with Gasteiger partial charge < -0.3 is 0 Å². The molecule has 0 saturated carbocycles. The molecule has 0 aliphatic carbocycles. The van der Waals surface area contributed by atoms with Crippen molar-refractivity contribution in [3.63, 3.8) is 0 Å². The van der Waals surface area contributed by atoms with E-state index in [9.17, 15) is 79.0 Å². The molecule has 54 heavy (non-hydrogen) atoms. The average Bonchev–Trinajstić information content (AvgIpc) is 3.02. The number of halogens is 18. The van der Waals surface area contributed by atoms with E-state index in [2.05, 4.69) is 0 Å². The average molecular weight is 894 g/mol. The van der Waals surface area contributed by atoms with E-state index < -0.39 is 123 Å². The van der Waals surface area contributed by atoms with Crippen molar-refractivity contribution in [3.05, 3.63) is 60.7 Å². The van der Waals surface area contributed by atoms with Crippen LogP contribution < -0.4 is 8.88 Å². The van der Waals surface area contributed by atoms with Gasteiger partial charge in [0.15, 0.2) is 0 Å². The topological polar surface area (TPSA) is 61.9 Å². The fourth-order valence-electron chi connectivity index (χ4n) is 6.67. The van der Waals surface area contributed by atoms with Crippen molar-refractivity contribution in [1.29, 1.82) is 0 Å². The van der Waals surface area contributed by atoms with Crippen molar-refractivity contribution < 1.29 is 106 Å². The van der Waals surface area contributed by atoms with E-state index in [0.29, 0.717) is 24.3 Å². The summed E-state index contributed by atoms with van der Waals surface area (Å²) in [5.74, 6) is -25.6. The van der Waals surface area contributed by atoms with E-state index in [1.807, 2.05) is 0 Å². The van der Waals surface area contributed by atoms with E-state index in [0.717, 1.165) is 36.4 Å². The molecule has 4 bridgehead atoms. The Morgan fingerprint density at radius 1 is 0.352 bits per heavy atom. The van der Waals surface area contributed by atoms with Crippen LogP contribution in [0.1, 0.15) is 0 Å². The van der Waals surface area contributed by atoms with Gasteiger partial charge in [-0.2, -0.15) is 0 Å². The van der Waals surface area contributed by atoms with Crippen molar-refractivity contribution in [2.75, 3.05) is 8.88 Å². The van der Waals surface area contributed by atoms with Crippen LogP contribution in [-0.2, 0) is 27.1 Å². The van der Waals surface area contributed by atoms with Crippen LogP contribution in [0.4, 0.5) is 90.4 Å².